The number of aliphatic imine (C=N–C) groups is 1. The fourth-order valence-electron chi connectivity index (χ4n) is 4.69. The highest BCUT2D eigenvalue weighted by Gasteiger charge is 2.41. The second-order valence-electron chi connectivity index (χ2n) is 9.06. The number of para-hydroxylation sites is 1. The van der Waals surface area contributed by atoms with Gasteiger partial charge in [0.2, 0.25) is 0 Å². The molecule has 1 heterocycles. The summed E-state index contributed by atoms with van der Waals surface area (Å²) >= 11 is 5.86. The van der Waals surface area contributed by atoms with E-state index in [2.05, 4.69) is 15.4 Å². The quantitative estimate of drug-likeness (QED) is 0.548. The fourth-order valence-corrected chi connectivity index (χ4v) is 4.85. The SMILES string of the molecule is CN(C)C1=NC(N)(C2CCC(NCc3ccc(Cl)cc3OC(F)(F)F)CC2)Nc2ccccc21. The molecule has 10 heteroatoms. The van der Waals surface area contributed by atoms with Crippen molar-refractivity contribution in [2.75, 3.05) is 19.4 Å². The molecule has 184 valence electrons. The van der Waals surface area contributed by atoms with Crippen molar-refractivity contribution in [3.8, 4) is 5.75 Å². The van der Waals surface area contributed by atoms with Crippen molar-refractivity contribution in [2.24, 2.45) is 16.6 Å². The average Bonchev–Trinajstić information content (AvgIpc) is 2.77. The Morgan fingerprint density at radius 3 is 2.56 bits per heavy atom. The van der Waals surface area contributed by atoms with E-state index in [0.29, 0.717) is 5.56 Å². The Morgan fingerprint density at radius 2 is 1.88 bits per heavy atom. The highest BCUT2D eigenvalue weighted by molar-refractivity contribution is 6.30. The number of amidine groups is 1. The van der Waals surface area contributed by atoms with E-state index in [1.54, 1.807) is 12.1 Å². The van der Waals surface area contributed by atoms with Gasteiger partial charge in [-0.3, -0.25) is 5.73 Å². The standard InChI is InChI=1S/C24H29ClF3N5O/c1-33(2)22-19-5-3-4-6-20(19)31-23(29,32-22)16-8-11-18(12-9-16)30-14-15-7-10-17(25)13-21(15)34-24(26,27)28/h3-7,10,13,16,18,30-31H,8-9,11-12,14,29H2,1-2H3. The van der Waals surface area contributed by atoms with E-state index >= 15 is 0 Å². The van der Waals surface area contributed by atoms with Crippen LogP contribution in [-0.4, -0.2) is 43.0 Å². The van der Waals surface area contributed by atoms with E-state index in [-0.39, 0.29) is 29.3 Å². The average molecular weight is 496 g/mol. The van der Waals surface area contributed by atoms with E-state index in [1.807, 2.05) is 43.3 Å². The summed E-state index contributed by atoms with van der Waals surface area (Å²) in [4.78, 5) is 6.88. The predicted octanol–water partition coefficient (Wildman–Crippen LogP) is 4.93. The largest absolute Gasteiger partial charge is 0.573 e. The molecule has 1 saturated carbocycles. The molecule has 2 aromatic carbocycles. The van der Waals surface area contributed by atoms with Gasteiger partial charge in [0.05, 0.1) is 0 Å². The third-order valence-corrected chi connectivity index (χ3v) is 6.64. The Balaban J connectivity index is 1.40. The number of hydrogen-bond donors (Lipinski definition) is 3. The van der Waals surface area contributed by atoms with Gasteiger partial charge in [0.25, 0.3) is 0 Å². The van der Waals surface area contributed by atoms with Gasteiger partial charge in [-0.1, -0.05) is 29.8 Å². The minimum atomic E-state index is -4.77. The Bertz CT molecular complexity index is 1050. The molecule has 2 aliphatic rings. The molecule has 1 aliphatic carbocycles. The first-order valence-electron chi connectivity index (χ1n) is 11.3. The number of nitrogens with zero attached hydrogens (tertiary/aromatic N) is 2. The van der Waals surface area contributed by atoms with Crippen molar-refractivity contribution in [2.45, 2.75) is 50.4 Å². The summed E-state index contributed by atoms with van der Waals surface area (Å²) in [5.74, 6) is -0.230. The van der Waals surface area contributed by atoms with Crippen molar-refractivity contribution in [1.82, 2.24) is 10.2 Å². The molecule has 0 spiro atoms. The van der Waals surface area contributed by atoms with Crippen molar-refractivity contribution in [3.05, 3.63) is 58.6 Å². The third kappa shape index (κ3) is 5.59. The van der Waals surface area contributed by atoms with Crippen LogP contribution in [0.3, 0.4) is 0 Å². The van der Waals surface area contributed by atoms with Crippen LogP contribution in [0.25, 0.3) is 0 Å². The summed E-state index contributed by atoms with van der Waals surface area (Å²) in [5.41, 5.74) is 9.19. The molecular weight excluding hydrogens is 467 g/mol. The second-order valence-corrected chi connectivity index (χ2v) is 9.49. The topological polar surface area (TPSA) is 74.9 Å². The van der Waals surface area contributed by atoms with Crippen LogP contribution in [0.5, 0.6) is 5.75 Å². The number of nitrogens with one attached hydrogen (secondary N) is 2. The zero-order valence-corrected chi connectivity index (χ0v) is 19.9. The molecule has 1 aliphatic heterocycles. The van der Waals surface area contributed by atoms with Gasteiger partial charge in [0.1, 0.15) is 11.6 Å². The summed E-state index contributed by atoms with van der Waals surface area (Å²) in [5, 5.41) is 7.00. The van der Waals surface area contributed by atoms with E-state index in [0.717, 1.165) is 42.8 Å². The second kappa shape index (κ2) is 9.64. The summed E-state index contributed by atoms with van der Waals surface area (Å²) < 4.78 is 42.4. The molecule has 4 N–H and O–H groups in total. The fraction of sp³-hybridized carbons (Fsp3) is 0.458. The lowest BCUT2D eigenvalue weighted by molar-refractivity contribution is -0.274. The summed E-state index contributed by atoms with van der Waals surface area (Å²) in [7, 11) is 3.91. The van der Waals surface area contributed by atoms with Gasteiger partial charge in [0.15, 0.2) is 5.79 Å². The minimum absolute atomic E-state index is 0.119. The molecule has 1 fully saturated rings. The Labute approximate surface area is 202 Å². The third-order valence-electron chi connectivity index (χ3n) is 6.40. The predicted molar refractivity (Wildman–Crippen MR) is 128 cm³/mol. The first kappa shape index (κ1) is 24.6. The molecule has 0 amide bonds. The number of alkyl halides is 3. The van der Waals surface area contributed by atoms with Crippen LogP contribution in [0, 0.1) is 5.92 Å². The van der Waals surface area contributed by atoms with Gasteiger partial charge in [0, 0.05) is 54.4 Å². The van der Waals surface area contributed by atoms with E-state index in [9.17, 15) is 13.2 Å². The van der Waals surface area contributed by atoms with Crippen LogP contribution in [0.4, 0.5) is 18.9 Å². The zero-order chi connectivity index (χ0) is 24.5. The maximum absolute atomic E-state index is 12.8. The lowest BCUT2D eigenvalue weighted by Crippen LogP contribution is -2.57. The van der Waals surface area contributed by atoms with Crippen molar-refractivity contribution in [3.63, 3.8) is 0 Å². The van der Waals surface area contributed by atoms with E-state index in [1.165, 1.54) is 6.07 Å². The maximum Gasteiger partial charge on any atom is 0.573 e. The van der Waals surface area contributed by atoms with Crippen LogP contribution in [0.1, 0.15) is 36.8 Å². The van der Waals surface area contributed by atoms with Gasteiger partial charge in [-0.05, 0) is 49.9 Å². The van der Waals surface area contributed by atoms with Crippen molar-refractivity contribution < 1.29 is 17.9 Å². The molecule has 0 bridgehead atoms. The van der Waals surface area contributed by atoms with Crippen LogP contribution < -0.4 is 21.1 Å². The number of rotatable bonds is 5. The molecule has 0 radical (unpaired) electrons. The normalized spacial score (nSPS) is 24.6. The Morgan fingerprint density at radius 1 is 1.18 bits per heavy atom. The Kier molecular flexibility index (Phi) is 6.98. The molecule has 1 unspecified atom stereocenters. The molecule has 6 nitrogen and oxygen atoms in total. The number of nitrogens with two attached hydrogens (primary N) is 1. The molecular formula is C24H29ClF3N5O. The molecule has 2 aromatic rings. The highest BCUT2D eigenvalue weighted by Crippen LogP contribution is 2.37. The zero-order valence-electron chi connectivity index (χ0n) is 19.1. The number of anilines is 1. The molecule has 1 atom stereocenters. The first-order valence-corrected chi connectivity index (χ1v) is 11.6. The first-order chi connectivity index (χ1) is 16.0. The number of hydrogen-bond acceptors (Lipinski definition) is 6. The Hall–Kier alpha value is -2.49. The van der Waals surface area contributed by atoms with Gasteiger partial charge in [-0.2, -0.15) is 0 Å². The van der Waals surface area contributed by atoms with Gasteiger partial charge in [-0.15, -0.1) is 13.2 Å². The number of ether oxygens (including phenoxy) is 1. The monoisotopic (exact) mass is 495 g/mol. The lowest BCUT2D eigenvalue weighted by Gasteiger charge is -2.43. The van der Waals surface area contributed by atoms with Crippen molar-refractivity contribution >= 4 is 23.1 Å². The van der Waals surface area contributed by atoms with E-state index < -0.39 is 12.1 Å². The minimum Gasteiger partial charge on any atom is -0.405 e. The highest BCUT2D eigenvalue weighted by atomic mass is 35.5. The molecule has 34 heavy (non-hydrogen) atoms. The number of benzene rings is 2. The number of halogens is 4. The van der Waals surface area contributed by atoms with Gasteiger partial charge in [-0.25, -0.2) is 4.99 Å². The van der Waals surface area contributed by atoms with E-state index in [4.69, 9.17) is 22.3 Å². The van der Waals surface area contributed by atoms with Crippen LogP contribution >= 0.6 is 11.6 Å². The summed E-state index contributed by atoms with van der Waals surface area (Å²) in [6, 6.07) is 12.4. The number of fused-ring (bicyclic) bond motifs is 1. The molecule has 4 rings (SSSR count). The lowest BCUT2D eigenvalue weighted by atomic mass is 9.81. The molecule has 0 aromatic heterocycles. The summed E-state index contributed by atoms with van der Waals surface area (Å²) in [6.07, 6.45) is -1.43. The smallest absolute Gasteiger partial charge is 0.405 e. The molecule has 0 saturated heterocycles. The van der Waals surface area contributed by atoms with Crippen LogP contribution in [-0.2, 0) is 6.54 Å². The van der Waals surface area contributed by atoms with Gasteiger partial charge < -0.3 is 20.3 Å². The van der Waals surface area contributed by atoms with Gasteiger partial charge >= 0.3 is 6.36 Å². The summed E-state index contributed by atoms with van der Waals surface area (Å²) in [6.45, 7) is 0.250. The van der Waals surface area contributed by atoms with Crippen LogP contribution in [0.15, 0.2) is 47.5 Å². The van der Waals surface area contributed by atoms with Crippen molar-refractivity contribution in [1.29, 1.82) is 0 Å². The van der Waals surface area contributed by atoms with Crippen LogP contribution in [0.2, 0.25) is 5.02 Å². The maximum atomic E-state index is 12.8.